The standard InChI is InChI=1S/C24H27N9O/c1-16-5-6-17(31-20(34)13-33-10-3-7-25-9-11-33)12-19(16)32-23-18(4-2-8-26-23)21-22-24(29-14-27-21)30-15-28-22/h2,4-6,8,12,14-15,25H,3,7,9-11,13H2,1H3,(H,26,32)(H,31,34)(H,27,28,29,30). The van der Waals surface area contributed by atoms with Crippen molar-refractivity contribution < 1.29 is 4.79 Å². The number of aryl methyl sites for hydroxylation is 1. The number of nitrogens with one attached hydrogen (secondary N) is 4. The fourth-order valence-electron chi connectivity index (χ4n) is 4.08. The van der Waals surface area contributed by atoms with E-state index in [0.717, 1.165) is 55.1 Å². The smallest absolute Gasteiger partial charge is 0.238 e. The summed E-state index contributed by atoms with van der Waals surface area (Å²) in [4.78, 5) is 35.4. The Bertz CT molecular complexity index is 1290. The van der Waals surface area contributed by atoms with Crippen molar-refractivity contribution in [2.24, 2.45) is 0 Å². The third-order valence-corrected chi connectivity index (χ3v) is 5.85. The van der Waals surface area contributed by atoms with Crippen LogP contribution in [-0.2, 0) is 4.79 Å². The maximum absolute atomic E-state index is 12.7. The summed E-state index contributed by atoms with van der Waals surface area (Å²) in [6.07, 6.45) is 5.89. The number of hydrogen-bond acceptors (Lipinski definition) is 8. The summed E-state index contributed by atoms with van der Waals surface area (Å²) in [5, 5.41) is 9.81. The summed E-state index contributed by atoms with van der Waals surface area (Å²) >= 11 is 0. The number of fused-ring (bicyclic) bond motifs is 1. The van der Waals surface area contributed by atoms with Crippen molar-refractivity contribution in [2.75, 3.05) is 43.4 Å². The lowest BCUT2D eigenvalue weighted by Crippen LogP contribution is -2.35. The van der Waals surface area contributed by atoms with E-state index < -0.39 is 0 Å². The predicted molar refractivity (Wildman–Crippen MR) is 132 cm³/mol. The van der Waals surface area contributed by atoms with E-state index >= 15 is 0 Å². The van der Waals surface area contributed by atoms with E-state index in [4.69, 9.17) is 0 Å². The Balaban J connectivity index is 1.36. The molecule has 1 saturated heterocycles. The maximum atomic E-state index is 12.7. The first-order valence-electron chi connectivity index (χ1n) is 11.4. The average Bonchev–Trinajstić information content (AvgIpc) is 3.19. The van der Waals surface area contributed by atoms with E-state index in [0.29, 0.717) is 29.2 Å². The highest BCUT2D eigenvalue weighted by Gasteiger charge is 2.16. The van der Waals surface area contributed by atoms with Crippen LogP contribution in [0.25, 0.3) is 22.4 Å². The average molecular weight is 458 g/mol. The Hall–Kier alpha value is -3.89. The normalized spacial score (nSPS) is 14.6. The number of aromatic amines is 1. The molecule has 1 aromatic carbocycles. The number of anilines is 3. The van der Waals surface area contributed by atoms with Gasteiger partial charge in [-0.3, -0.25) is 9.69 Å². The third kappa shape index (κ3) is 4.87. The van der Waals surface area contributed by atoms with Crippen LogP contribution in [-0.4, -0.2) is 68.5 Å². The van der Waals surface area contributed by atoms with Crippen molar-refractivity contribution in [2.45, 2.75) is 13.3 Å². The summed E-state index contributed by atoms with van der Waals surface area (Å²) in [5.74, 6) is 0.631. The number of carbonyl (C=O) groups excluding carboxylic acids is 1. The van der Waals surface area contributed by atoms with E-state index in [2.05, 4.69) is 45.8 Å². The minimum Gasteiger partial charge on any atom is -0.339 e. The number of pyridine rings is 1. The van der Waals surface area contributed by atoms with Crippen LogP contribution in [0.3, 0.4) is 0 Å². The number of rotatable bonds is 6. The molecular weight excluding hydrogens is 430 g/mol. The van der Waals surface area contributed by atoms with Gasteiger partial charge in [-0.25, -0.2) is 19.9 Å². The van der Waals surface area contributed by atoms with Gasteiger partial charge in [0.05, 0.1) is 12.9 Å². The third-order valence-electron chi connectivity index (χ3n) is 5.85. The number of amides is 1. The van der Waals surface area contributed by atoms with Crippen LogP contribution >= 0.6 is 0 Å². The predicted octanol–water partition coefficient (Wildman–Crippen LogP) is 2.70. The molecule has 0 radical (unpaired) electrons. The molecule has 1 aliphatic heterocycles. The molecule has 0 unspecified atom stereocenters. The van der Waals surface area contributed by atoms with Crippen LogP contribution in [0.15, 0.2) is 49.2 Å². The van der Waals surface area contributed by atoms with Gasteiger partial charge >= 0.3 is 0 Å². The van der Waals surface area contributed by atoms with Gasteiger partial charge in [0, 0.05) is 36.2 Å². The molecule has 1 fully saturated rings. The van der Waals surface area contributed by atoms with Gasteiger partial charge in [0.25, 0.3) is 0 Å². The van der Waals surface area contributed by atoms with Crippen molar-refractivity contribution in [1.82, 2.24) is 35.1 Å². The van der Waals surface area contributed by atoms with Crippen molar-refractivity contribution in [3.8, 4) is 11.3 Å². The highest BCUT2D eigenvalue weighted by atomic mass is 16.2. The lowest BCUT2D eigenvalue weighted by Gasteiger charge is -2.19. The van der Waals surface area contributed by atoms with Crippen LogP contribution in [0, 0.1) is 6.92 Å². The molecule has 0 saturated carbocycles. The van der Waals surface area contributed by atoms with E-state index in [-0.39, 0.29) is 5.91 Å². The highest BCUT2D eigenvalue weighted by Crippen LogP contribution is 2.32. The Morgan fingerprint density at radius 2 is 2.06 bits per heavy atom. The SMILES string of the molecule is Cc1ccc(NC(=O)CN2CCCNCC2)cc1Nc1ncccc1-c1ncnc2[nH]cnc12. The summed E-state index contributed by atoms with van der Waals surface area (Å²) in [6, 6.07) is 9.64. The molecule has 1 aliphatic rings. The quantitative estimate of drug-likeness (QED) is 0.348. The summed E-state index contributed by atoms with van der Waals surface area (Å²) < 4.78 is 0. The first-order valence-corrected chi connectivity index (χ1v) is 11.4. The maximum Gasteiger partial charge on any atom is 0.238 e. The number of aromatic nitrogens is 5. The molecule has 34 heavy (non-hydrogen) atoms. The van der Waals surface area contributed by atoms with Crippen molar-refractivity contribution in [3.63, 3.8) is 0 Å². The van der Waals surface area contributed by atoms with Gasteiger partial charge in [-0.1, -0.05) is 6.07 Å². The molecule has 10 nitrogen and oxygen atoms in total. The molecule has 5 rings (SSSR count). The molecule has 4 N–H and O–H groups in total. The van der Waals surface area contributed by atoms with Gasteiger partial charge in [-0.05, 0) is 56.3 Å². The number of carbonyl (C=O) groups is 1. The summed E-state index contributed by atoms with van der Waals surface area (Å²) in [6.45, 7) is 6.11. The first-order chi connectivity index (χ1) is 16.7. The lowest BCUT2D eigenvalue weighted by atomic mass is 10.1. The highest BCUT2D eigenvalue weighted by molar-refractivity contribution is 5.94. The fraction of sp³-hybridized carbons (Fsp3) is 0.292. The summed E-state index contributed by atoms with van der Waals surface area (Å²) in [5.41, 5.74) is 5.47. The van der Waals surface area contributed by atoms with E-state index in [9.17, 15) is 4.79 Å². The summed E-state index contributed by atoms with van der Waals surface area (Å²) in [7, 11) is 0. The number of nitrogens with zero attached hydrogens (tertiary/aromatic N) is 5. The zero-order valence-electron chi connectivity index (χ0n) is 19.0. The minimum absolute atomic E-state index is 0.0165. The molecule has 10 heteroatoms. The lowest BCUT2D eigenvalue weighted by molar-refractivity contribution is -0.117. The topological polar surface area (TPSA) is 124 Å². The Kier molecular flexibility index (Phi) is 6.41. The molecule has 3 aromatic heterocycles. The van der Waals surface area contributed by atoms with Gasteiger partial charge in [-0.15, -0.1) is 0 Å². The van der Waals surface area contributed by atoms with Crippen LogP contribution in [0.4, 0.5) is 17.2 Å². The van der Waals surface area contributed by atoms with Crippen molar-refractivity contribution in [3.05, 3.63) is 54.7 Å². The van der Waals surface area contributed by atoms with Crippen LogP contribution in [0.5, 0.6) is 0 Å². The Morgan fingerprint density at radius 1 is 1.12 bits per heavy atom. The molecule has 4 aromatic rings. The van der Waals surface area contributed by atoms with Crippen LogP contribution in [0.1, 0.15) is 12.0 Å². The monoisotopic (exact) mass is 457 g/mol. The van der Waals surface area contributed by atoms with E-state index in [1.807, 2.05) is 37.3 Å². The second-order valence-electron chi connectivity index (χ2n) is 8.30. The number of benzene rings is 1. The van der Waals surface area contributed by atoms with Crippen LogP contribution in [0.2, 0.25) is 0 Å². The fourth-order valence-corrected chi connectivity index (χ4v) is 4.08. The number of imidazole rings is 1. The van der Waals surface area contributed by atoms with Gasteiger partial charge in [0.1, 0.15) is 23.4 Å². The molecule has 0 spiro atoms. The molecule has 0 bridgehead atoms. The number of H-pyrrole nitrogens is 1. The van der Waals surface area contributed by atoms with Gasteiger partial charge in [-0.2, -0.15) is 0 Å². The van der Waals surface area contributed by atoms with Gasteiger partial charge in [0.2, 0.25) is 5.91 Å². The molecule has 4 heterocycles. The Morgan fingerprint density at radius 3 is 3.00 bits per heavy atom. The zero-order chi connectivity index (χ0) is 23.3. The molecule has 174 valence electrons. The van der Waals surface area contributed by atoms with Gasteiger partial charge < -0.3 is 20.9 Å². The zero-order valence-corrected chi connectivity index (χ0v) is 19.0. The second-order valence-corrected chi connectivity index (χ2v) is 8.30. The minimum atomic E-state index is -0.0165. The second kappa shape index (κ2) is 9.94. The van der Waals surface area contributed by atoms with Crippen molar-refractivity contribution >= 4 is 34.3 Å². The van der Waals surface area contributed by atoms with Gasteiger partial charge in [0.15, 0.2) is 5.65 Å². The molecule has 1 amide bonds. The molecule has 0 aliphatic carbocycles. The molecule has 0 atom stereocenters. The van der Waals surface area contributed by atoms with Crippen molar-refractivity contribution in [1.29, 1.82) is 0 Å². The first kappa shape index (κ1) is 21.9. The Labute approximate surface area is 197 Å². The van der Waals surface area contributed by atoms with Crippen LogP contribution < -0.4 is 16.0 Å². The largest absolute Gasteiger partial charge is 0.339 e. The van der Waals surface area contributed by atoms with E-state index in [1.54, 1.807) is 12.5 Å². The molecular formula is C24H27N9O. The number of hydrogen-bond donors (Lipinski definition) is 4. The van der Waals surface area contributed by atoms with E-state index in [1.165, 1.54) is 6.33 Å².